The van der Waals surface area contributed by atoms with Crippen LogP contribution in [-0.2, 0) is 0 Å². The fourth-order valence-electron chi connectivity index (χ4n) is 1.14. The summed E-state index contributed by atoms with van der Waals surface area (Å²) in [6.07, 6.45) is 3.74. The molecule has 0 amide bonds. The van der Waals surface area contributed by atoms with Crippen LogP contribution in [-0.4, -0.2) is 4.98 Å². The van der Waals surface area contributed by atoms with Gasteiger partial charge in [0.15, 0.2) is 0 Å². The van der Waals surface area contributed by atoms with Crippen molar-refractivity contribution in [1.29, 1.82) is 0 Å². The molecule has 1 heterocycles. The Morgan fingerprint density at radius 2 is 2.33 bits per heavy atom. The van der Waals surface area contributed by atoms with E-state index >= 15 is 0 Å². The molecule has 0 fully saturated rings. The van der Waals surface area contributed by atoms with Crippen molar-refractivity contribution < 1.29 is 1.43 Å². The van der Waals surface area contributed by atoms with Crippen molar-refractivity contribution in [2.45, 2.75) is 13.8 Å². The molecule has 0 aliphatic heterocycles. The van der Waals surface area contributed by atoms with Gasteiger partial charge in [-0.15, -0.1) is 0 Å². The third-order valence-electron chi connectivity index (χ3n) is 2.03. The van der Waals surface area contributed by atoms with E-state index in [9.17, 15) is 0 Å². The molecule has 1 nitrogen and oxygen atoms in total. The standard InChI is InChI=1S/C11H15N.H2/c1-5-11-10(6-7-12-11)9(4)8(2)3;/h5-8,12H,1,4H2,2-3H3;1H. The molecule has 12 heavy (non-hydrogen) atoms. The van der Waals surface area contributed by atoms with Gasteiger partial charge in [0.2, 0.25) is 0 Å². The molecule has 0 radical (unpaired) electrons. The zero-order chi connectivity index (χ0) is 9.14. The second-order valence-electron chi connectivity index (χ2n) is 3.19. The van der Waals surface area contributed by atoms with Crippen LogP contribution in [0.5, 0.6) is 0 Å². The van der Waals surface area contributed by atoms with Crippen molar-refractivity contribution >= 4 is 11.6 Å². The Morgan fingerprint density at radius 1 is 1.67 bits per heavy atom. The first kappa shape index (κ1) is 8.85. The molecule has 0 atom stereocenters. The zero-order valence-electron chi connectivity index (χ0n) is 7.72. The Labute approximate surface area is 75.3 Å². The Morgan fingerprint density at radius 3 is 2.83 bits per heavy atom. The van der Waals surface area contributed by atoms with Crippen LogP contribution in [0.15, 0.2) is 25.4 Å². The summed E-state index contributed by atoms with van der Waals surface area (Å²) in [5.41, 5.74) is 3.40. The summed E-state index contributed by atoms with van der Waals surface area (Å²) >= 11 is 0. The van der Waals surface area contributed by atoms with E-state index < -0.39 is 0 Å². The number of aromatic amines is 1. The van der Waals surface area contributed by atoms with Gasteiger partial charge in [0.1, 0.15) is 0 Å². The van der Waals surface area contributed by atoms with Crippen molar-refractivity contribution in [3.05, 3.63) is 36.7 Å². The lowest BCUT2D eigenvalue weighted by Crippen LogP contribution is -1.92. The molecule has 1 aromatic rings. The molecule has 0 unspecified atom stereocenters. The summed E-state index contributed by atoms with van der Waals surface area (Å²) in [6.45, 7) is 12.1. The maximum atomic E-state index is 4.04. The molecular weight excluding hydrogens is 146 g/mol. The van der Waals surface area contributed by atoms with Crippen LogP contribution in [0.2, 0.25) is 0 Å². The Balaban J connectivity index is 0.00000144. The van der Waals surface area contributed by atoms with E-state index in [2.05, 4.69) is 32.0 Å². The molecule has 0 aliphatic rings. The van der Waals surface area contributed by atoms with E-state index in [0.717, 1.165) is 11.3 Å². The first-order valence-corrected chi connectivity index (χ1v) is 4.15. The van der Waals surface area contributed by atoms with Gasteiger partial charge in [0, 0.05) is 18.9 Å². The van der Waals surface area contributed by atoms with Gasteiger partial charge < -0.3 is 4.98 Å². The second kappa shape index (κ2) is 3.44. The van der Waals surface area contributed by atoms with Crippen molar-refractivity contribution in [3.63, 3.8) is 0 Å². The lowest BCUT2D eigenvalue weighted by atomic mass is 9.97. The highest BCUT2D eigenvalue weighted by molar-refractivity contribution is 5.71. The van der Waals surface area contributed by atoms with Gasteiger partial charge in [-0.25, -0.2) is 0 Å². The molecule has 0 aromatic carbocycles. The van der Waals surface area contributed by atoms with E-state index in [0.29, 0.717) is 5.92 Å². The average molecular weight is 163 g/mol. The Kier molecular flexibility index (Phi) is 2.54. The van der Waals surface area contributed by atoms with Crippen LogP contribution in [0.3, 0.4) is 0 Å². The highest BCUT2D eigenvalue weighted by atomic mass is 14.7. The third-order valence-corrected chi connectivity index (χ3v) is 2.03. The number of H-pyrrole nitrogens is 1. The second-order valence-corrected chi connectivity index (χ2v) is 3.19. The van der Waals surface area contributed by atoms with Crippen LogP contribution >= 0.6 is 0 Å². The van der Waals surface area contributed by atoms with Crippen LogP contribution < -0.4 is 0 Å². The average Bonchev–Trinajstić information content (AvgIpc) is 2.49. The summed E-state index contributed by atoms with van der Waals surface area (Å²) in [6, 6.07) is 2.04. The van der Waals surface area contributed by atoms with Gasteiger partial charge in [-0.05, 0) is 23.6 Å². The van der Waals surface area contributed by atoms with Gasteiger partial charge in [0.25, 0.3) is 0 Å². The SMILES string of the molecule is C=Cc1[nH]ccc1C(=C)C(C)C.[HH]. The number of hydrogen-bond acceptors (Lipinski definition) is 0. The van der Waals surface area contributed by atoms with Crippen molar-refractivity contribution in [2.75, 3.05) is 0 Å². The minimum Gasteiger partial charge on any atom is -0.361 e. The summed E-state index contributed by atoms with van der Waals surface area (Å²) in [4.78, 5) is 3.11. The summed E-state index contributed by atoms with van der Waals surface area (Å²) in [5.74, 6) is 0.486. The highest BCUT2D eigenvalue weighted by Crippen LogP contribution is 2.23. The smallest absolute Gasteiger partial charge is 0.0450 e. The first-order valence-electron chi connectivity index (χ1n) is 4.15. The minimum atomic E-state index is 0. The number of hydrogen-bond donors (Lipinski definition) is 1. The largest absolute Gasteiger partial charge is 0.361 e. The lowest BCUT2D eigenvalue weighted by molar-refractivity contribution is 0.857. The maximum Gasteiger partial charge on any atom is 0.0450 e. The normalized spacial score (nSPS) is 10.2. The van der Waals surface area contributed by atoms with Crippen LogP contribution in [0.1, 0.15) is 26.5 Å². The summed E-state index contributed by atoms with van der Waals surface area (Å²) in [5, 5.41) is 0. The third kappa shape index (κ3) is 1.50. The molecule has 0 spiro atoms. The zero-order valence-corrected chi connectivity index (χ0v) is 7.72. The van der Waals surface area contributed by atoms with Crippen molar-refractivity contribution in [2.24, 2.45) is 5.92 Å². The quantitative estimate of drug-likeness (QED) is 0.701. The molecule has 66 valence electrons. The van der Waals surface area contributed by atoms with Crippen LogP contribution in [0.25, 0.3) is 11.6 Å². The number of nitrogens with one attached hydrogen (secondary N) is 1. The van der Waals surface area contributed by atoms with Crippen molar-refractivity contribution in [3.8, 4) is 0 Å². The van der Waals surface area contributed by atoms with E-state index in [4.69, 9.17) is 0 Å². The van der Waals surface area contributed by atoms with E-state index in [1.165, 1.54) is 5.56 Å². The number of allylic oxidation sites excluding steroid dienone is 1. The van der Waals surface area contributed by atoms with Gasteiger partial charge in [0.05, 0.1) is 0 Å². The molecule has 1 N–H and O–H groups in total. The monoisotopic (exact) mass is 163 g/mol. The van der Waals surface area contributed by atoms with Gasteiger partial charge in [-0.2, -0.15) is 0 Å². The molecule has 1 heteroatoms. The van der Waals surface area contributed by atoms with E-state index in [1.807, 2.05) is 18.3 Å². The Bertz CT molecular complexity index is 297. The number of rotatable bonds is 3. The minimum absolute atomic E-state index is 0. The fraction of sp³-hybridized carbons (Fsp3) is 0.273. The summed E-state index contributed by atoms with van der Waals surface area (Å²) < 4.78 is 0. The number of aromatic nitrogens is 1. The summed E-state index contributed by atoms with van der Waals surface area (Å²) in [7, 11) is 0. The molecule has 1 aromatic heterocycles. The Hall–Kier alpha value is -1.24. The van der Waals surface area contributed by atoms with E-state index in [1.54, 1.807) is 0 Å². The van der Waals surface area contributed by atoms with Gasteiger partial charge >= 0.3 is 0 Å². The molecule has 1 rings (SSSR count). The first-order chi connectivity index (χ1) is 5.66. The van der Waals surface area contributed by atoms with Crippen LogP contribution in [0, 0.1) is 5.92 Å². The predicted molar refractivity (Wildman–Crippen MR) is 56.9 cm³/mol. The van der Waals surface area contributed by atoms with Gasteiger partial charge in [-0.3, -0.25) is 0 Å². The maximum absolute atomic E-state index is 4.04. The highest BCUT2D eigenvalue weighted by Gasteiger charge is 2.07. The van der Waals surface area contributed by atoms with E-state index in [-0.39, 0.29) is 1.43 Å². The topological polar surface area (TPSA) is 15.8 Å². The predicted octanol–water partition coefficient (Wildman–Crippen LogP) is 3.57. The molecular formula is C11H17N. The lowest BCUT2D eigenvalue weighted by Gasteiger charge is -2.08. The molecule has 0 aliphatic carbocycles. The molecule has 0 saturated carbocycles. The molecule has 0 saturated heterocycles. The van der Waals surface area contributed by atoms with Crippen molar-refractivity contribution in [1.82, 2.24) is 4.98 Å². The fourth-order valence-corrected chi connectivity index (χ4v) is 1.14. The molecule has 0 bridgehead atoms. The van der Waals surface area contributed by atoms with Crippen LogP contribution in [0.4, 0.5) is 0 Å². The van der Waals surface area contributed by atoms with Gasteiger partial charge in [-0.1, -0.05) is 27.0 Å².